The summed E-state index contributed by atoms with van der Waals surface area (Å²) in [6.07, 6.45) is 4.31. The smallest absolute Gasteiger partial charge is 0.251 e. The van der Waals surface area contributed by atoms with Crippen molar-refractivity contribution in [3.05, 3.63) is 93.7 Å². The van der Waals surface area contributed by atoms with Gasteiger partial charge in [0.25, 0.3) is 5.91 Å². The first-order chi connectivity index (χ1) is 20.7. The molecule has 3 amide bonds. The van der Waals surface area contributed by atoms with Gasteiger partial charge in [0.15, 0.2) is 0 Å². The first-order valence-corrected chi connectivity index (χ1v) is 13.8. The second-order valence-corrected chi connectivity index (χ2v) is 10.2. The van der Waals surface area contributed by atoms with Crippen molar-refractivity contribution in [3.63, 3.8) is 0 Å². The summed E-state index contributed by atoms with van der Waals surface area (Å²) in [5.41, 5.74) is 3.13. The summed E-state index contributed by atoms with van der Waals surface area (Å²) in [5, 5.41) is 6.72. The van der Waals surface area contributed by atoms with Crippen LogP contribution in [0.1, 0.15) is 16.8 Å². The Balaban J connectivity index is 1.35. The van der Waals surface area contributed by atoms with Crippen molar-refractivity contribution in [1.82, 2.24) is 15.3 Å². The minimum atomic E-state index is -0.477. The van der Waals surface area contributed by atoms with Gasteiger partial charge in [-0.25, -0.2) is 9.97 Å². The molecule has 0 unspecified atom stereocenters. The maximum atomic E-state index is 12.9. The molecule has 0 radical (unpaired) electrons. The van der Waals surface area contributed by atoms with Gasteiger partial charge >= 0.3 is 0 Å². The molecular formula is C31H29Cl2N5O5. The molecule has 4 aromatic rings. The van der Waals surface area contributed by atoms with Crippen LogP contribution in [0.15, 0.2) is 66.9 Å². The van der Waals surface area contributed by atoms with Crippen LogP contribution in [-0.2, 0) is 25.7 Å². The number of hydrogen-bond acceptors (Lipinski definition) is 7. The van der Waals surface area contributed by atoms with Crippen molar-refractivity contribution in [2.24, 2.45) is 0 Å². The van der Waals surface area contributed by atoms with Gasteiger partial charge in [0, 0.05) is 48.1 Å². The molecule has 12 heteroatoms. The average Bonchev–Trinajstić information content (AvgIpc) is 2.99. The molecule has 0 spiro atoms. The quantitative estimate of drug-likeness (QED) is 0.221. The van der Waals surface area contributed by atoms with E-state index in [0.717, 1.165) is 16.6 Å². The highest BCUT2D eigenvalue weighted by Gasteiger charge is 2.19. The third-order valence-corrected chi connectivity index (χ3v) is 7.04. The Hall–Kier alpha value is -4.51. The van der Waals surface area contributed by atoms with Gasteiger partial charge in [-0.3, -0.25) is 14.4 Å². The van der Waals surface area contributed by atoms with Gasteiger partial charge in [0.2, 0.25) is 11.8 Å². The highest BCUT2D eigenvalue weighted by molar-refractivity contribution is 6.38. The number of likely N-dealkylation sites (N-methyl/N-ethyl adjacent to an activating group) is 1. The van der Waals surface area contributed by atoms with Crippen molar-refractivity contribution in [2.45, 2.75) is 13.5 Å². The van der Waals surface area contributed by atoms with Gasteiger partial charge in [-0.05, 0) is 55.0 Å². The van der Waals surface area contributed by atoms with Gasteiger partial charge in [-0.15, -0.1) is 0 Å². The normalized spacial score (nSPS) is 11.0. The number of hydrogen-bond donors (Lipinski definition) is 2. The maximum Gasteiger partial charge on any atom is 0.251 e. The molecule has 222 valence electrons. The minimum Gasteiger partial charge on any atom is -0.487 e. The lowest BCUT2D eigenvalue weighted by Gasteiger charge is -2.21. The number of aryl methyl sites for hydroxylation is 1. The van der Waals surface area contributed by atoms with Crippen LogP contribution in [0.5, 0.6) is 5.75 Å². The molecular weight excluding hydrogens is 593 g/mol. The minimum absolute atomic E-state index is 0.0547. The second-order valence-electron chi connectivity index (χ2n) is 9.39. The Morgan fingerprint density at radius 3 is 2.60 bits per heavy atom. The molecule has 2 aromatic heterocycles. The van der Waals surface area contributed by atoms with Gasteiger partial charge in [0.05, 0.1) is 17.3 Å². The predicted molar refractivity (Wildman–Crippen MR) is 167 cm³/mol. The molecule has 0 aliphatic carbocycles. The number of amides is 3. The number of carbonyl (C=O) groups excluding carboxylic acids is 3. The molecule has 10 nitrogen and oxygen atoms in total. The summed E-state index contributed by atoms with van der Waals surface area (Å²) in [6.45, 7) is 1.61. The lowest BCUT2D eigenvalue weighted by molar-refractivity contribution is -0.122. The van der Waals surface area contributed by atoms with E-state index < -0.39 is 11.8 Å². The summed E-state index contributed by atoms with van der Waals surface area (Å²) in [6, 6.07) is 16.1. The Morgan fingerprint density at radius 1 is 1.05 bits per heavy atom. The van der Waals surface area contributed by atoms with E-state index in [4.69, 9.17) is 32.7 Å². The van der Waals surface area contributed by atoms with Crippen LogP contribution < -0.4 is 20.3 Å². The number of methoxy groups -OCH3 is 1. The molecule has 0 saturated carbocycles. The van der Waals surface area contributed by atoms with E-state index in [0.29, 0.717) is 33.4 Å². The highest BCUT2D eigenvalue weighted by atomic mass is 35.5. The van der Waals surface area contributed by atoms with Crippen LogP contribution in [0.4, 0.5) is 11.5 Å². The van der Waals surface area contributed by atoms with Crippen LogP contribution >= 0.6 is 23.2 Å². The SMILES string of the molecule is COCC(=O)Nc1ccc(C=CC(=O)NCC(=O)N(C)c2ccc(Cl)c(COc3cccc4ccc(C)nc34)c2Cl)cn1. The number of carbonyl (C=O) groups is 3. The van der Waals surface area contributed by atoms with Gasteiger partial charge in [-0.1, -0.05) is 41.4 Å². The fourth-order valence-corrected chi connectivity index (χ4v) is 4.60. The molecule has 0 bridgehead atoms. The summed E-state index contributed by atoms with van der Waals surface area (Å²) >= 11 is 13.1. The molecule has 2 heterocycles. The first kappa shape index (κ1) is 31.4. The Kier molecular flexibility index (Phi) is 10.7. The lowest BCUT2D eigenvalue weighted by Crippen LogP contribution is -2.37. The largest absolute Gasteiger partial charge is 0.487 e. The molecule has 0 atom stereocenters. The highest BCUT2D eigenvalue weighted by Crippen LogP contribution is 2.35. The number of aromatic nitrogens is 2. The number of nitrogens with one attached hydrogen (secondary N) is 2. The fraction of sp³-hybridized carbons (Fsp3) is 0.194. The Bertz CT molecular complexity index is 1680. The number of rotatable bonds is 11. The van der Waals surface area contributed by atoms with Gasteiger partial charge < -0.3 is 25.0 Å². The van der Waals surface area contributed by atoms with Gasteiger partial charge in [0.1, 0.15) is 30.3 Å². The van der Waals surface area contributed by atoms with Crippen LogP contribution in [0.3, 0.4) is 0 Å². The summed E-state index contributed by atoms with van der Waals surface area (Å²) in [7, 11) is 2.98. The van der Waals surface area contributed by atoms with Crippen LogP contribution in [0.25, 0.3) is 17.0 Å². The number of ether oxygens (including phenoxy) is 2. The van der Waals surface area contributed by atoms with Gasteiger partial charge in [-0.2, -0.15) is 0 Å². The number of fused-ring (bicyclic) bond motifs is 1. The van der Waals surface area contributed by atoms with E-state index in [2.05, 4.69) is 20.6 Å². The maximum absolute atomic E-state index is 12.9. The lowest BCUT2D eigenvalue weighted by atomic mass is 10.1. The number of anilines is 2. The first-order valence-electron chi connectivity index (χ1n) is 13.1. The standard InChI is InChI=1S/C31H29Cl2N5O5/c1-19-7-10-21-5-4-6-25(31(21)36-19)43-17-22-23(32)11-12-24(30(22)33)38(2)29(41)16-35-27(39)14-9-20-8-13-26(34-15-20)37-28(40)18-42-3/h4-15H,16-18H2,1-3H3,(H,35,39)(H,34,37,40). The summed E-state index contributed by atoms with van der Waals surface area (Å²) in [4.78, 5) is 46.8. The summed E-state index contributed by atoms with van der Waals surface area (Å²) < 4.78 is 10.8. The van der Waals surface area contributed by atoms with Crippen molar-refractivity contribution < 1.29 is 23.9 Å². The number of pyridine rings is 2. The molecule has 2 N–H and O–H groups in total. The van der Waals surface area contributed by atoms with E-state index in [1.54, 1.807) is 31.3 Å². The van der Waals surface area contributed by atoms with E-state index in [9.17, 15) is 14.4 Å². The molecule has 0 fully saturated rings. The number of halogens is 2. The topological polar surface area (TPSA) is 123 Å². The van der Waals surface area contributed by atoms with Crippen LogP contribution in [0, 0.1) is 6.92 Å². The zero-order valence-corrected chi connectivity index (χ0v) is 25.2. The van der Waals surface area contributed by atoms with E-state index in [1.165, 1.54) is 30.4 Å². The average molecular weight is 623 g/mol. The van der Waals surface area contributed by atoms with Crippen LogP contribution in [-0.4, -0.2) is 55.0 Å². The second kappa shape index (κ2) is 14.6. The molecule has 0 saturated heterocycles. The fourth-order valence-electron chi connectivity index (χ4n) is 3.99. The zero-order chi connectivity index (χ0) is 30.9. The third kappa shape index (κ3) is 8.29. The molecule has 43 heavy (non-hydrogen) atoms. The van der Waals surface area contributed by atoms with Crippen molar-refractivity contribution in [3.8, 4) is 5.75 Å². The van der Waals surface area contributed by atoms with E-state index in [-0.39, 0.29) is 30.7 Å². The number of nitrogens with zero attached hydrogens (tertiary/aromatic N) is 3. The van der Waals surface area contributed by atoms with Crippen molar-refractivity contribution in [2.75, 3.05) is 37.5 Å². The van der Waals surface area contributed by atoms with Crippen LogP contribution in [0.2, 0.25) is 10.0 Å². The third-order valence-electron chi connectivity index (χ3n) is 6.27. The Labute approximate surface area is 258 Å². The molecule has 2 aromatic carbocycles. The molecule has 0 aliphatic rings. The number of para-hydroxylation sites is 1. The predicted octanol–water partition coefficient (Wildman–Crippen LogP) is 5.20. The zero-order valence-electron chi connectivity index (χ0n) is 23.7. The Morgan fingerprint density at radius 2 is 1.86 bits per heavy atom. The van der Waals surface area contributed by atoms with E-state index >= 15 is 0 Å². The summed E-state index contributed by atoms with van der Waals surface area (Å²) in [5.74, 6) is -0.267. The number of benzene rings is 2. The van der Waals surface area contributed by atoms with E-state index in [1.807, 2.05) is 37.3 Å². The molecule has 0 aliphatic heterocycles. The molecule has 4 rings (SSSR count). The van der Waals surface area contributed by atoms with Crippen molar-refractivity contribution in [1.29, 1.82) is 0 Å². The van der Waals surface area contributed by atoms with Crippen molar-refractivity contribution >= 4 is 69.4 Å². The monoisotopic (exact) mass is 621 g/mol.